The Labute approximate surface area is 164 Å². The molecule has 2 aromatic rings. The van der Waals surface area contributed by atoms with Crippen molar-refractivity contribution in [1.29, 1.82) is 0 Å². The number of rotatable bonds is 4. The van der Waals surface area contributed by atoms with Gasteiger partial charge in [-0.15, -0.1) is 10.2 Å². The Morgan fingerprint density at radius 1 is 1.21 bits per heavy atom. The standard InChI is InChI=1S/C19H27N7O2/c1-23(2)19(28)25-9-8-24(3)15(12-25)17-22-21-16-7-6-14(11-26(16)17)18(27)20-10-13-4-5-13/h6-7,11,13,15H,4-5,8-10,12H2,1-3H3,(H,20,27)/t15-/m1/s1. The van der Waals surface area contributed by atoms with Gasteiger partial charge < -0.3 is 15.1 Å². The fraction of sp³-hybridized carbons (Fsp3) is 0.579. The number of carbonyl (C=O) groups is 2. The number of likely N-dealkylation sites (N-methyl/N-ethyl adjacent to an activating group) is 1. The average molecular weight is 385 g/mol. The summed E-state index contributed by atoms with van der Waals surface area (Å²) in [7, 11) is 5.54. The van der Waals surface area contributed by atoms with Gasteiger partial charge in [-0.1, -0.05) is 0 Å². The highest BCUT2D eigenvalue weighted by molar-refractivity contribution is 5.94. The molecular weight excluding hydrogens is 358 g/mol. The quantitative estimate of drug-likeness (QED) is 0.843. The van der Waals surface area contributed by atoms with Crippen molar-refractivity contribution < 1.29 is 9.59 Å². The topological polar surface area (TPSA) is 86.1 Å². The molecule has 0 aromatic carbocycles. The van der Waals surface area contributed by atoms with Gasteiger partial charge in [-0.3, -0.25) is 14.1 Å². The molecule has 9 heteroatoms. The molecule has 2 fully saturated rings. The molecule has 3 heterocycles. The third-order valence-electron chi connectivity index (χ3n) is 5.54. The SMILES string of the molecule is CN(C)C(=O)N1CCN(C)[C@@H](c2nnc3ccc(C(=O)NCC4CC4)cn23)C1. The monoisotopic (exact) mass is 385 g/mol. The van der Waals surface area contributed by atoms with Gasteiger partial charge in [0.05, 0.1) is 11.6 Å². The van der Waals surface area contributed by atoms with Crippen molar-refractivity contribution >= 4 is 17.6 Å². The Morgan fingerprint density at radius 3 is 2.71 bits per heavy atom. The van der Waals surface area contributed by atoms with Crippen molar-refractivity contribution in [3.05, 3.63) is 29.7 Å². The predicted molar refractivity (Wildman–Crippen MR) is 104 cm³/mol. The summed E-state index contributed by atoms with van der Waals surface area (Å²) in [4.78, 5) is 30.5. The van der Waals surface area contributed by atoms with Gasteiger partial charge >= 0.3 is 6.03 Å². The maximum absolute atomic E-state index is 12.5. The normalized spacial score (nSPS) is 20.4. The maximum Gasteiger partial charge on any atom is 0.319 e. The van der Waals surface area contributed by atoms with E-state index in [0.29, 0.717) is 30.2 Å². The van der Waals surface area contributed by atoms with Crippen LogP contribution in [0, 0.1) is 5.92 Å². The number of nitrogens with zero attached hydrogens (tertiary/aromatic N) is 6. The van der Waals surface area contributed by atoms with Crippen LogP contribution in [0.2, 0.25) is 0 Å². The molecular formula is C19H27N7O2. The lowest BCUT2D eigenvalue weighted by atomic mass is 10.1. The fourth-order valence-corrected chi connectivity index (χ4v) is 3.54. The van der Waals surface area contributed by atoms with Gasteiger partial charge in [-0.2, -0.15) is 0 Å². The highest BCUT2D eigenvalue weighted by atomic mass is 16.2. The lowest BCUT2D eigenvalue weighted by Crippen LogP contribution is -2.52. The van der Waals surface area contributed by atoms with Gasteiger partial charge in [-0.25, -0.2) is 4.79 Å². The number of pyridine rings is 1. The summed E-state index contributed by atoms with van der Waals surface area (Å²) in [6.45, 7) is 2.70. The second-order valence-electron chi connectivity index (χ2n) is 7.98. The van der Waals surface area contributed by atoms with Crippen molar-refractivity contribution in [3.63, 3.8) is 0 Å². The second-order valence-corrected chi connectivity index (χ2v) is 7.98. The minimum atomic E-state index is -0.0857. The number of carbonyl (C=O) groups excluding carboxylic acids is 2. The first-order chi connectivity index (χ1) is 13.4. The van der Waals surface area contributed by atoms with Gasteiger partial charge in [0.2, 0.25) is 0 Å². The van der Waals surface area contributed by atoms with Crippen LogP contribution in [0.3, 0.4) is 0 Å². The molecule has 4 rings (SSSR count). The molecule has 1 atom stereocenters. The molecule has 2 aliphatic rings. The lowest BCUT2D eigenvalue weighted by molar-refractivity contribution is 0.0933. The van der Waals surface area contributed by atoms with Crippen LogP contribution in [0.15, 0.2) is 18.3 Å². The van der Waals surface area contributed by atoms with Gasteiger partial charge in [0, 0.05) is 46.5 Å². The van der Waals surface area contributed by atoms with Crippen LogP contribution in [-0.2, 0) is 0 Å². The van der Waals surface area contributed by atoms with Crippen molar-refractivity contribution in [2.24, 2.45) is 5.92 Å². The van der Waals surface area contributed by atoms with Gasteiger partial charge in [-0.05, 0) is 37.9 Å². The first-order valence-corrected chi connectivity index (χ1v) is 9.73. The summed E-state index contributed by atoms with van der Waals surface area (Å²) in [5.41, 5.74) is 1.28. The van der Waals surface area contributed by atoms with Crippen LogP contribution < -0.4 is 5.32 Å². The van der Waals surface area contributed by atoms with Crippen LogP contribution in [-0.4, -0.2) is 88.6 Å². The van der Waals surface area contributed by atoms with Crippen LogP contribution in [0.4, 0.5) is 4.79 Å². The van der Waals surface area contributed by atoms with E-state index in [2.05, 4.69) is 20.4 Å². The molecule has 2 aromatic heterocycles. The van der Waals surface area contributed by atoms with E-state index in [1.54, 1.807) is 31.3 Å². The molecule has 1 aliphatic heterocycles. The zero-order valence-electron chi connectivity index (χ0n) is 16.6. The summed E-state index contributed by atoms with van der Waals surface area (Å²) >= 11 is 0. The van der Waals surface area contributed by atoms with Crippen LogP contribution in [0.25, 0.3) is 5.65 Å². The molecule has 0 unspecified atom stereocenters. The molecule has 1 aliphatic carbocycles. The van der Waals surface area contributed by atoms with E-state index in [1.807, 2.05) is 22.4 Å². The smallest absolute Gasteiger partial charge is 0.319 e. The molecule has 0 radical (unpaired) electrons. The predicted octanol–water partition coefficient (Wildman–Crippen LogP) is 0.839. The van der Waals surface area contributed by atoms with E-state index >= 15 is 0 Å². The molecule has 150 valence electrons. The molecule has 3 amide bonds. The van der Waals surface area contributed by atoms with Gasteiger partial charge in [0.25, 0.3) is 5.91 Å². The molecule has 9 nitrogen and oxygen atoms in total. The van der Waals surface area contributed by atoms with Gasteiger partial charge in [0.15, 0.2) is 11.5 Å². The molecule has 1 N–H and O–H groups in total. The summed E-state index contributed by atoms with van der Waals surface area (Å²) in [5, 5.41) is 11.6. The lowest BCUT2D eigenvalue weighted by Gasteiger charge is -2.39. The van der Waals surface area contributed by atoms with E-state index in [9.17, 15) is 9.59 Å². The number of hydrogen-bond donors (Lipinski definition) is 1. The number of amides is 3. The van der Waals surface area contributed by atoms with Crippen LogP contribution in [0.5, 0.6) is 0 Å². The van der Waals surface area contributed by atoms with Crippen molar-refractivity contribution in [2.45, 2.75) is 18.9 Å². The first kappa shape index (κ1) is 18.7. The third kappa shape index (κ3) is 3.66. The number of aromatic nitrogens is 3. The van der Waals surface area contributed by atoms with E-state index in [0.717, 1.165) is 18.9 Å². The van der Waals surface area contributed by atoms with Crippen LogP contribution >= 0.6 is 0 Å². The van der Waals surface area contributed by atoms with E-state index in [4.69, 9.17) is 0 Å². The Balaban J connectivity index is 1.59. The Kier molecular flexibility index (Phi) is 4.92. The molecule has 1 saturated carbocycles. The largest absolute Gasteiger partial charge is 0.352 e. The number of fused-ring (bicyclic) bond motifs is 1. The number of nitrogens with one attached hydrogen (secondary N) is 1. The summed E-state index contributed by atoms with van der Waals surface area (Å²) in [6, 6.07) is 3.50. The Bertz CT molecular complexity index is 890. The van der Waals surface area contributed by atoms with E-state index in [1.165, 1.54) is 12.8 Å². The minimum Gasteiger partial charge on any atom is -0.352 e. The maximum atomic E-state index is 12.5. The van der Waals surface area contributed by atoms with E-state index in [-0.39, 0.29) is 18.0 Å². The fourth-order valence-electron chi connectivity index (χ4n) is 3.54. The third-order valence-corrected chi connectivity index (χ3v) is 5.54. The average Bonchev–Trinajstić information content (AvgIpc) is 3.43. The summed E-state index contributed by atoms with van der Waals surface area (Å²) < 4.78 is 1.87. The molecule has 28 heavy (non-hydrogen) atoms. The first-order valence-electron chi connectivity index (χ1n) is 9.73. The molecule has 0 spiro atoms. The number of piperazine rings is 1. The summed E-state index contributed by atoms with van der Waals surface area (Å²) in [6.07, 6.45) is 4.20. The van der Waals surface area contributed by atoms with Crippen molar-refractivity contribution in [3.8, 4) is 0 Å². The van der Waals surface area contributed by atoms with Crippen molar-refractivity contribution in [1.82, 2.24) is 34.6 Å². The van der Waals surface area contributed by atoms with Crippen molar-refractivity contribution in [2.75, 3.05) is 47.3 Å². The molecule has 0 bridgehead atoms. The summed E-state index contributed by atoms with van der Waals surface area (Å²) in [5.74, 6) is 1.30. The number of hydrogen-bond acceptors (Lipinski definition) is 5. The highest BCUT2D eigenvalue weighted by Crippen LogP contribution is 2.28. The Hall–Kier alpha value is -2.68. The second kappa shape index (κ2) is 7.38. The highest BCUT2D eigenvalue weighted by Gasteiger charge is 2.32. The van der Waals surface area contributed by atoms with E-state index < -0.39 is 0 Å². The van der Waals surface area contributed by atoms with Crippen LogP contribution in [0.1, 0.15) is 35.1 Å². The number of urea groups is 1. The zero-order valence-corrected chi connectivity index (χ0v) is 16.6. The van der Waals surface area contributed by atoms with Gasteiger partial charge in [0.1, 0.15) is 0 Å². The zero-order chi connectivity index (χ0) is 19.8. The Morgan fingerprint density at radius 2 is 2.00 bits per heavy atom. The minimum absolute atomic E-state index is 0.00735. The molecule has 1 saturated heterocycles.